The smallest absolute Gasteiger partial charge is 0.419 e. The van der Waals surface area contributed by atoms with Crippen molar-refractivity contribution >= 4 is 23.5 Å². The molecule has 0 spiro atoms. The Morgan fingerprint density at radius 2 is 2.00 bits per heavy atom. The molecule has 10 heteroatoms. The number of rotatable bonds is 2. The van der Waals surface area contributed by atoms with Crippen molar-refractivity contribution in [3.63, 3.8) is 0 Å². The number of piperidine rings is 1. The number of alkyl halides is 3. The second-order valence-corrected chi connectivity index (χ2v) is 7.12. The molecule has 1 N–H and O–H groups in total. The van der Waals surface area contributed by atoms with Crippen molar-refractivity contribution in [3.05, 3.63) is 16.8 Å². The van der Waals surface area contributed by atoms with E-state index < -0.39 is 34.8 Å². The lowest BCUT2D eigenvalue weighted by molar-refractivity contribution is -0.137. The molecule has 1 atom stereocenters. The number of anilines is 1. The highest BCUT2D eigenvalue weighted by atomic mass is 35.5. The van der Waals surface area contributed by atoms with Gasteiger partial charge in [0, 0.05) is 6.54 Å². The van der Waals surface area contributed by atoms with Gasteiger partial charge in [0.15, 0.2) is 11.0 Å². The number of amides is 1. The Morgan fingerprint density at radius 3 is 2.60 bits per heavy atom. The van der Waals surface area contributed by atoms with Gasteiger partial charge in [0.05, 0.1) is 5.56 Å². The van der Waals surface area contributed by atoms with Gasteiger partial charge in [-0.15, -0.1) is 10.2 Å². The SMILES string of the molecule is CC(C)(C)OC(=O)N1CCCCC1Nc1cc(C(F)(F)F)c(Cl)nn1. The van der Waals surface area contributed by atoms with Crippen LogP contribution in [0.2, 0.25) is 5.15 Å². The van der Waals surface area contributed by atoms with Gasteiger partial charge in [0.25, 0.3) is 0 Å². The maximum absolute atomic E-state index is 12.9. The minimum absolute atomic E-state index is 0.0998. The lowest BCUT2D eigenvalue weighted by atomic mass is 10.1. The largest absolute Gasteiger partial charge is 0.444 e. The van der Waals surface area contributed by atoms with E-state index >= 15 is 0 Å². The molecule has 0 bridgehead atoms. The molecule has 2 rings (SSSR count). The molecule has 2 heterocycles. The molecule has 140 valence electrons. The van der Waals surface area contributed by atoms with Gasteiger partial charge in [-0.25, -0.2) is 4.79 Å². The molecule has 0 radical (unpaired) electrons. The predicted octanol–water partition coefficient (Wildman–Crippen LogP) is 4.31. The van der Waals surface area contributed by atoms with Gasteiger partial charge in [-0.1, -0.05) is 11.6 Å². The summed E-state index contributed by atoms with van der Waals surface area (Å²) in [6.45, 7) is 5.69. The second-order valence-electron chi connectivity index (χ2n) is 6.76. The van der Waals surface area contributed by atoms with Crippen molar-refractivity contribution in [1.82, 2.24) is 15.1 Å². The van der Waals surface area contributed by atoms with Crippen molar-refractivity contribution in [2.45, 2.75) is 58.0 Å². The van der Waals surface area contributed by atoms with E-state index in [4.69, 9.17) is 16.3 Å². The van der Waals surface area contributed by atoms with Crippen molar-refractivity contribution in [1.29, 1.82) is 0 Å². The molecule has 0 saturated carbocycles. The molecule has 1 aromatic rings. The molecule has 6 nitrogen and oxygen atoms in total. The molecule has 1 fully saturated rings. The third kappa shape index (κ3) is 5.35. The number of hydrogen-bond donors (Lipinski definition) is 1. The summed E-state index contributed by atoms with van der Waals surface area (Å²) in [5, 5.41) is 9.09. The molecule has 0 aliphatic carbocycles. The summed E-state index contributed by atoms with van der Waals surface area (Å²) in [6.07, 6.45) is -3.52. The fourth-order valence-corrected chi connectivity index (χ4v) is 2.64. The summed E-state index contributed by atoms with van der Waals surface area (Å²) in [7, 11) is 0. The number of ether oxygens (including phenoxy) is 1. The van der Waals surface area contributed by atoms with Gasteiger partial charge < -0.3 is 10.1 Å². The van der Waals surface area contributed by atoms with Gasteiger partial charge in [0.2, 0.25) is 0 Å². The Hall–Kier alpha value is -1.77. The first kappa shape index (κ1) is 19.6. The van der Waals surface area contributed by atoms with Gasteiger partial charge in [0.1, 0.15) is 11.8 Å². The van der Waals surface area contributed by atoms with Crippen LogP contribution < -0.4 is 5.32 Å². The third-order valence-corrected chi connectivity index (χ3v) is 3.78. The normalized spacial score (nSPS) is 18.8. The van der Waals surface area contributed by atoms with Crippen LogP contribution in [0.1, 0.15) is 45.6 Å². The van der Waals surface area contributed by atoms with E-state index in [1.54, 1.807) is 20.8 Å². The number of carbonyl (C=O) groups is 1. The minimum atomic E-state index is -4.64. The van der Waals surface area contributed by atoms with Crippen LogP contribution in [0.5, 0.6) is 0 Å². The number of nitrogens with one attached hydrogen (secondary N) is 1. The van der Waals surface area contributed by atoms with Gasteiger partial charge in [-0.3, -0.25) is 4.90 Å². The first-order chi connectivity index (χ1) is 11.5. The first-order valence-corrected chi connectivity index (χ1v) is 8.22. The second kappa shape index (κ2) is 7.23. The lowest BCUT2D eigenvalue weighted by Crippen LogP contribution is -2.49. The van der Waals surface area contributed by atoms with Crippen LogP contribution in [-0.2, 0) is 10.9 Å². The summed E-state index contributed by atoms with van der Waals surface area (Å²) in [4.78, 5) is 13.8. The van der Waals surface area contributed by atoms with E-state index in [0.717, 1.165) is 18.9 Å². The number of aromatic nitrogens is 2. The quantitative estimate of drug-likeness (QED) is 0.828. The van der Waals surface area contributed by atoms with Crippen molar-refractivity contribution in [3.8, 4) is 0 Å². The molecule has 1 aliphatic heterocycles. The molecular weight excluding hydrogens is 361 g/mol. The number of halogens is 4. The van der Waals surface area contributed by atoms with Crippen LogP contribution in [0.25, 0.3) is 0 Å². The average Bonchev–Trinajstić information content (AvgIpc) is 2.47. The molecule has 0 aromatic carbocycles. The summed E-state index contributed by atoms with van der Waals surface area (Å²) in [5.41, 5.74) is -1.74. The molecule has 1 unspecified atom stereocenters. The Kier molecular flexibility index (Phi) is 5.65. The highest BCUT2D eigenvalue weighted by Crippen LogP contribution is 2.34. The van der Waals surface area contributed by atoms with E-state index in [0.29, 0.717) is 13.0 Å². The Morgan fingerprint density at radius 1 is 1.32 bits per heavy atom. The molecular formula is C15H20ClF3N4O2. The third-order valence-electron chi connectivity index (χ3n) is 3.50. The van der Waals surface area contributed by atoms with E-state index in [-0.39, 0.29) is 5.82 Å². The summed E-state index contributed by atoms with van der Waals surface area (Å²) in [5.74, 6) is -0.0998. The summed E-state index contributed by atoms with van der Waals surface area (Å²) >= 11 is 5.47. The summed E-state index contributed by atoms with van der Waals surface area (Å²) in [6, 6.07) is 0.789. The van der Waals surface area contributed by atoms with Crippen molar-refractivity contribution < 1.29 is 22.7 Å². The van der Waals surface area contributed by atoms with Crippen molar-refractivity contribution in [2.24, 2.45) is 0 Å². The molecule has 1 saturated heterocycles. The van der Waals surface area contributed by atoms with Crippen molar-refractivity contribution in [2.75, 3.05) is 11.9 Å². The van der Waals surface area contributed by atoms with E-state index in [2.05, 4.69) is 15.5 Å². The van der Waals surface area contributed by atoms with Gasteiger partial charge in [-0.2, -0.15) is 13.2 Å². The van der Waals surface area contributed by atoms with E-state index in [1.165, 1.54) is 4.90 Å². The Bertz CT molecular complexity index is 634. The molecule has 25 heavy (non-hydrogen) atoms. The van der Waals surface area contributed by atoms with E-state index in [1.807, 2.05) is 0 Å². The zero-order chi connectivity index (χ0) is 18.8. The monoisotopic (exact) mass is 380 g/mol. The average molecular weight is 381 g/mol. The zero-order valence-corrected chi connectivity index (χ0v) is 14.9. The minimum Gasteiger partial charge on any atom is -0.444 e. The topological polar surface area (TPSA) is 67.3 Å². The van der Waals surface area contributed by atoms with Crippen LogP contribution >= 0.6 is 11.6 Å². The first-order valence-electron chi connectivity index (χ1n) is 7.84. The van der Waals surface area contributed by atoms with Crippen LogP contribution in [0, 0.1) is 0 Å². The fourth-order valence-electron chi connectivity index (χ4n) is 2.44. The maximum atomic E-state index is 12.9. The lowest BCUT2D eigenvalue weighted by Gasteiger charge is -2.37. The van der Waals surface area contributed by atoms with Gasteiger partial charge >= 0.3 is 12.3 Å². The maximum Gasteiger partial charge on any atom is 0.419 e. The highest BCUT2D eigenvalue weighted by Gasteiger charge is 2.36. The van der Waals surface area contributed by atoms with Crippen LogP contribution in [0.4, 0.5) is 23.8 Å². The molecule has 1 amide bonds. The number of likely N-dealkylation sites (tertiary alicyclic amines) is 1. The predicted molar refractivity (Wildman–Crippen MR) is 86.2 cm³/mol. The zero-order valence-electron chi connectivity index (χ0n) is 14.2. The molecule has 1 aliphatic rings. The number of nitrogens with zero attached hydrogens (tertiary/aromatic N) is 3. The fraction of sp³-hybridized carbons (Fsp3) is 0.667. The van der Waals surface area contributed by atoms with Crippen LogP contribution in [0.3, 0.4) is 0 Å². The van der Waals surface area contributed by atoms with E-state index in [9.17, 15) is 18.0 Å². The molecule has 1 aromatic heterocycles. The Labute approximate surface area is 148 Å². The number of hydrogen-bond acceptors (Lipinski definition) is 5. The van der Waals surface area contributed by atoms with Crippen LogP contribution in [-0.4, -0.2) is 39.5 Å². The summed E-state index contributed by atoms with van der Waals surface area (Å²) < 4.78 is 44.2. The highest BCUT2D eigenvalue weighted by molar-refractivity contribution is 6.30. The van der Waals surface area contributed by atoms with Crippen LogP contribution in [0.15, 0.2) is 6.07 Å². The number of carbonyl (C=O) groups excluding carboxylic acids is 1. The Balaban J connectivity index is 2.18. The van der Waals surface area contributed by atoms with Gasteiger partial charge in [-0.05, 0) is 46.1 Å². The standard InChI is InChI=1S/C15H20ClF3N4O2/c1-14(2,3)25-13(24)23-7-5-4-6-11(23)20-10-8-9(15(17,18)19)12(16)22-21-10/h8,11H,4-7H2,1-3H3,(H,20,21).